The maximum atomic E-state index is 12.4. The van der Waals surface area contributed by atoms with Gasteiger partial charge in [0.05, 0.1) is 18.0 Å². The number of allylic oxidation sites excluding steroid dienone is 1. The molecule has 8 heteroatoms. The minimum Gasteiger partial charge on any atom is -0.469 e. The molecular weight excluding hydrogens is 416 g/mol. The molecule has 0 unspecified atom stereocenters. The van der Waals surface area contributed by atoms with Crippen LogP contribution in [0.15, 0.2) is 27.9 Å². The molecule has 4 rings (SSSR count). The van der Waals surface area contributed by atoms with Gasteiger partial charge >= 0.3 is 11.9 Å². The van der Waals surface area contributed by atoms with Crippen molar-refractivity contribution in [3.8, 4) is 0 Å². The molecule has 8 atom stereocenters. The molecule has 8 nitrogen and oxygen atoms in total. The van der Waals surface area contributed by atoms with E-state index in [1.165, 1.54) is 20.1 Å². The first-order valence-electron chi connectivity index (χ1n) is 11.0. The number of hydrogen-bond acceptors (Lipinski definition) is 8. The third kappa shape index (κ3) is 2.79. The van der Waals surface area contributed by atoms with Crippen LogP contribution in [0.5, 0.6) is 0 Å². The predicted octanol–water partition coefficient (Wildman–Crippen LogP) is 1.99. The monoisotopic (exact) mass is 448 g/mol. The summed E-state index contributed by atoms with van der Waals surface area (Å²) >= 11 is 0. The Balaban J connectivity index is 2.04. The van der Waals surface area contributed by atoms with E-state index in [2.05, 4.69) is 0 Å². The van der Waals surface area contributed by atoms with E-state index in [1.54, 1.807) is 19.9 Å². The Morgan fingerprint density at radius 2 is 1.69 bits per heavy atom. The van der Waals surface area contributed by atoms with Crippen LogP contribution in [0.1, 0.15) is 59.3 Å². The second kappa shape index (κ2) is 7.17. The zero-order valence-electron chi connectivity index (χ0n) is 19.3. The zero-order valence-corrected chi connectivity index (χ0v) is 19.3. The zero-order chi connectivity index (χ0) is 23.8. The number of esters is 2. The van der Waals surface area contributed by atoms with Crippen molar-refractivity contribution in [2.75, 3.05) is 0 Å². The summed E-state index contributed by atoms with van der Waals surface area (Å²) in [7, 11) is 0. The standard InChI is InChI=1S/C24H32O8/c1-11(2)15-10-18(27)22(5)16-9-17-14(7-8-30-17)23(6,28)19(16)20(31-12(3)25)21(24(15,22)29)32-13(4)26/h7-8,16,18-21,27-29H,9-10H2,1-6H3/t16-,18-,19-,20+,21-,22-,23+,24-/m0/s1. The van der Waals surface area contributed by atoms with Crippen molar-refractivity contribution < 1.29 is 38.8 Å². The Labute approximate surface area is 187 Å². The quantitative estimate of drug-likeness (QED) is 0.463. The Hall–Kier alpha value is -2.16. The van der Waals surface area contributed by atoms with Gasteiger partial charge in [-0.1, -0.05) is 12.5 Å². The SMILES string of the molecule is CC(=O)O[C@@H]1[C@@H]2[C@H](Cc3occc3[C@@]2(C)O)[C@@]2(C)[C@@H](O)CC(=C(C)C)[C@]2(O)[C@H]1OC(C)=O. The number of aliphatic hydroxyl groups is 3. The highest BCUT2D eigenvalue weighted by molar-refractivity contribution is 5.68. The van der Waals surface area contributed by atoms with E-state index >= 15 is 0 Å². The van der Waals surface area contributed by atoms with Gasteiger partial charge in [-0.25, -0.2) is 0 Å². The minimum atomic E-state index is -1.81. The molecule has 3 aliphatic rings. The van der Waals surface area contributed by atoms with Gasteiger partial charge in [-0.05, 0) is 44.7 Å². The number of hydrogen-bond donors (Lipinski definition) is 3. The van der Waals surface area contributed by atoms with Crippen LogP contribution in [0.4, 0.5) is 0 Å². The lowest BCUT2D eigenvalue weighted by Crippen LogP contribution is -2.74. The van der Waals surface area contributed by atoms with Crippen molar-refractivity contribution in [1.29, 1.82) is 0 Å². The topological polar surface area (TPSA) is 126 Å². The number of rotatable bonds is 2. The summed E-state index contributed by atoms with van der Waals surface area (Å²) in [6.07, 6.45) is -1.44. The van der Waals surface area contributed by atoms with Gasteiger partial charge in [0, 0.05) is 37.2 Å². The normalized spacial score (nSPS) is 42.5. The molecule has 32 heavy (non-hydrogen) atoms. The van der Waals surface area contributed by atoms with Crippen molar-refractivity contribution in [2.45, 2.75) is 83.9 Å². The summed E-state index contributed by atoms with van der Waals surface area (Å²) in [5.74, 6) is -2.02. The second-order valence-electron chi connectivity index (χ2n) is 10.1. The van der Waals surface area contributed by atoms with Crippen molar-refractivity contribution in [3.63, 3.8) is 0 Å². The van der Waals surface area contributed by atoms with Crippen molar-refractivity contribution in [1.82, 2.24) is 0 Å². The van der Waals surface area contributed by atoms with E-state index in [4.69, 9.17) is 13.9 Å². The van der Waals surface area contributed by atoms with Crippen LogP contribution in [0, 0.1) is 17.3 Å². The molecule has 0 amide bonds. The first-order chi connectivity index (χ1) is 14.8. The van der Waals surface area contributed by atoms with Crippen LogP contribution in [-0.2, 0) is 31.1 Å². The van der Waals surface area contributed by atoms with Gasteiger partial charge in [0.2, 0.25) is 0 Å². The molecule has 1 aromatic heterocycles. The van der Waals surface area contributed by atoms with Gasteiger partial charge in [-0.3, -0.25) is 9.59 Å². The van der Waals surface area contributed by atoms with Crippen molar-refractivity contribution >= 4 is 11.9 Å². The summed E-state index contributed by atoms with van der Waals surface area (Å²) in [5.41, 5.74) is -2.65. The Bertz CT molecular complexity index is 986. The van der Waals surface area contributed by atoms with Gasteiger partial charge < -0.3 is 29.2 Å². The molecule has 1 heterocycles. The van der Waals surface area contributed by atoms with Gasteiger partial charge in [0.15, 0.2) is 6.10 Å². The molecule has 0 radical (unpaired) electrons. The van der Waals surface area contributed by atoms with E-state index in [0.29, 0.717) is 23.3 Å². The van der Waals surface area contributed by atoms with Crippen molar-refractivity contribution in [2.24, 2.45) is 17.3 Å². The van der Waals surface area contributed by atoms with Crippen LogP contribution in [-0.4, -0.2) is 51.2 Å². The molecule has 0 aromatic carbocycles. The van der Waals surface area contributed by atoms with E-state index in [1.807, 2.05) is 13.8 Å². The molecule has 0 saturated heterocycles. The molecule has 1 aromatic rings. The van der Waals surface area contributed by atoms with Gasteiger partial charge in [0.25, 0.3) is 0 Å². The molecular formula is C24H32O8. The highest BCUT2D eigenvalue weighted by Gasteiger charge is 2.76. The molecule has 2 fully saturated rings. The smallest absolute Gasteiger partial charge is 0.303 e. The number of carbonyl (C=O) groups excluding carboxylic acids is 2. The molecule has 0 spiro atoms. The third-order valence-electron chi connectivity index (χ3n) is 8.18. The largest absolute Gasteiger partial charge is 0.469 e. The fourth-order valence-electron chi connectivity index (χ4n) is 6.80. The third-order valence-corrected chi connectivity index (χ3v) is 8.18. The Kier molecular flexibility index (Phi) is 5.16. The van der Waals surface area contributed by atoms with E-state index in [-0.39, 0.29) is 6.42 Å². The van der Waals surface area contributed by atoms with E-state index < -0.39 is 58.7 Å². The highest BCUT2D eigenvalue weighted by atomic mass is 16.6. The minimum absolute atomic E-state index is 0.177. The summed E-state index contributed by atoms with van der Waals surface area (Å²) in [5, 5.41) is 35.5. The van der Waals surface area contributed by atoms with Gasteiger partial charge in [-0.15, -0.1) is 0 Å². The Morgan fingerprint density at radius 3 is 2.25 bits per heavy atom. The predicted molar refractivity (Wildman–Crippen MR) is 112 cm³/mol. The fraction of sp³-hybridized carbons (Fsp3) is 0.667. The molecule has 0 aliphatic heterocycles. The van der Waals surface area contributed by atoms with Crippen LogP contribution in [0.25, 0.3) is 0 Å². The average molecular weight is 449 g/mol. The summed E-state index contributed by atoms with van der Waals surface area (Å²) in [6.45, 7) is 9.48. The van der Waals surface area contributed by atoms with Crippen LogP contribution in [0.2, 0.25) is 0 Å². The molecule has 2 saturated carbocycles. The molecule has 3 aliphatic carbocycles. The first kappa shape index (κ1) is 23.0. The lowest BCUT2D eigenvalue weighted by molar-refractivity contribution is -0.284. The van der Waals surface area contributed by atoms with Gasteiger partial charge in [-0.2, -0.15) is 0 Å². The van der Waals surface area contributed by atoms with E-state index in [9.17, 15) is 24.9 Å². The van der Waals surface area contributed by atoms with Crippen LogP contribution >= 0.6 is 0 Å². The van der Waals surface area contributed by atoms with E-state index in [0.717, 1.165) is 5.57 Å². The number of fused-ring (bicyclic) bond motifs is 4. The summed E-state index contributed by atoms with van der Waals surface area (Å²) in [4.78, 5) is 24.4. The van der Waals surface area contributed by atoms with Crippen LogP contribution < -0.4 is 0 Å². The lowest BCUT2D eigenvalue weighted by atomic mass is 9.47. The fourth-order valence-corrected chi connectivity index (χ4v) is 6.80. The maximum Gasteiger partial charge on any atom is 0.303 e. The highest BCUT2D eigenvalue weighted by Crippen LogP contribution is 2.67. The molecule has 176 valence electrons. The number of ether oxygens (including phenoxy) is 2. The number of carbonyl (C=O) groups is 2. The first-order valence-corrected chi connectivity index (χ1v) is 11.0. The summed E-state index contributed by atoms with van der Waals surface area (Å²) in [6, 6.07) is 1.67. The summed E-state index contributed by atoms with van der Waals surface area (Å²) < 4.78 is 17.0. The molecule has 0 bridgehead atoms. The average Bonchev–Trinajstić information content (AvgIpc) is 3.22. The van der Waals surface area contributed by atoms with Crippen molar-refractivity contribution in [3.05, 3.63) is 34.8 Å². The number of furan rings is 1. The molecule has 3 N–H and O–H groups in total. The second-order valence-corrected chi connectivity index (χ2v) is 10.1. The number of aliphatic hydroxyl groups excluding tert-OH is 1. The van der Waals surface area contributed by atoms with Crippen LogP contribution in [0.3, 0.4) is 0 Å². The maximum absolute atomic E-state index is 12.4. The lowest BCUT2D eigenvalue weighted by Gasteiger charge is -2.62. The van der Waals surface area contributed by atoms with Gasteiger partial charge in [0.1, 0.15) is 17.5 Å². The Morgan fingerprint density at radius 1 is 1.06 bits per heavy atom.